The van der Waals surface area contributed by atoms with Crippen molar-refractivity contribution >= 4 is 17.7 Å². The third kappa shape index (κ3) is 2.83. The number of methoxy groups -OCH3 is 1. The van der Waals surface area contributed by atoms with Crippen molar-refractivity contribution in [2.24, 2.45) is 0 Å². The second-order valence-corrected chi connectivity index (χ2v) is 7.02. The number of rotatable bonds is 4. The van der Waals surface area contributed by atoms with Crippen LogP contribution < -0.4 is 0 Å². The topological polar surface area (TPSA) is 47.4 Å². The molecule has 6 heteroatoms. The van der Waals surface area contributed by atoms with Crippen LogP contribution in [0.5, 0.6) is 0 Å². The zero-order valence-corrected chi connectivity index (χ0v) is 13.6. The summed E-state index contributed by atoms with van der Waals surface area (Å²) in [6.45, 7) is 4.44. The number of nitrogens with zero attached hydrogens (tertiary/aromatic N) is 3. The number of imidazole rings is 1. The normalized spacial score (nSPS) is 25.1. The summed E-state index contributed by atoms with van der Waals surface area (Å²) >= 11 is 1.81. The van der Waals surface area contributed by atoms with Crippen molar-refractivity contribution in [3.8, 4) is 0 Å². The van der Waals surface area contributed by atoms with Gasteiger partial charge in [-0.05, 0) is 25.5 Å². The molecule has 0 unspecified atom stereocenters. The van der Waals surface area contributed by atoms with E-state index in [-0.39, 0.29) is 11.3 Å². The van der Waals surface area contributed by atoms with Crippen molar-refractivity contribution in [2.45, 2.75) is 44.0 Å². The van der Waals surface area contributed by atoms with E-state index in [9.17, 15) is 4.79 Å². The fourth-order valence-corrected chi connectivity index (χ4v) is 4.45. The van der Waals surface area contributed by atoms with Gasteiger partial charge >= 0.3 is 0 Å². The van der Waals surface area contributed by atoms with Crippen LogP contribution in [-0.2, 0) is 22.5 Å². The first-order valence-corrected chi connectivity index (χ1v) is 8.72. The lowest BCUT2D eigenvalue weighted by atomic mass is 10.1. The van der Waals surface area contributed by atoms with Gasteiger partial charge in [-0.2, -0.15) is 0 Å². The zero-order chi connectivity index (χ0) is 14.8. The molecule has 0 saturated carbocycles. The molecule has 1 fully saturated rings. The fourth-order valence-electron chi connectivity index (χ4n) is 3.22. The Morgan fingerprint density at radius 2 is 2.38 bits per heavy atom. The summed E-state index contributed by atoms with van der Waals surface area (Å²) in [5, 5.41) is 0.168. The Hall–Kier alpha value is -1.01. The lowest BCUT2D eigenvalue weighted by Gasteiger charge is -2.35. The number of thioether (sulfide) groups is 1. The lowest BCUT2D eigenvalue weighted by Crippen LogP contribution is -2.44. The number of hydrogen-bond donors (Lipinski definition) is 0. The third-order valence-electron chi connectivity index (χ3n) is 4.43. The number of carbonyl (C=O) groups is 1. The molecule has 0 N–H and O–H groups in total. The molecule has 1 saturated heterocycles. The molecule has 0 aromatic carbocycles. The standard InChI is InChI=1S/C15H23N3O2S/c1-11-14-16-10-12(5-8-20-2)18(14)7-6-17(11)15(19)13-4-3-9-21-13/h10-11,13H,3-9H2,1-2H3/t11-,13-/m0/s1. The van der Waals surface area contributed by atoms with Crippen molar-refractivity contribution < 1.29 is 9.53 Å². The van der Waals surface area contributed by atoms with Crippen LogP contribution in [0.2, 0.25) is 0 Å². The van der Waals surface area contributed by atoms with Crippen LogP contribution in [0.1, 0.15) is 37.3 Å². The number of ether oxygens (including phenoxy) is 1. The van der Waals surface area contributed by atoms with Gasteiger partial charge in [0.25, 0.3) is 0 Å². The molecule has 0 radical (unpaired) electrons. The van der Waals surface area contributed by atoms with E-state index in [4.69, 9.17) is 4.74 Å². The van der Waals surface area contributed by atoms with Crippen LogP contribution in [-0.4, -0.2) is 51.6 Å². The minimum Gasteiger partial charge on any atom is -0.384 e. The molecule has 2 aliphatic heterocycles. The summed E-state index contributed by atoms with van der Waals surface area (Å²) in [4.78, 5) is 19.2. The summed E-state index contributed by atoms with van der Waals surface area (Å²) in [7, 11) is 1.72. The quantitative estimate of drug-likeness (QED) is 0.852. The molecule has 2 aliphatic rings. The van der Waals surface area contributed by atoms with Gasteiger partial charge in [-0.25, -0.2) is 4.98 Å². The molecule has 0 bridgehead atoms. The molecular formula is C15H23N3O2S. The van der Waals surface area contributed by atoms with Gasteiger partial charge in [-0.3, -0.25) is 4.79 Å². The highest BCUT2D eigenvalue weighted by atomic mass is 32.2. The van der Waals surface area contributed by atoms with Crippen molar-refractivity contribution in [3.63, 3.8) is 0 Å². The molecule has 5 nitrogen and oxygen atoms in total. The van der Waals surface area contributed by atoms with Crippen LogP contribution in [0.3, 0.4) is 0 Å². The first-order chi connectivity index (χ1) is 10.2. The van der Waals surface area contributed by atoms with Crippen LogP contribution in [0.4, 0.5) is 0 Å². The van der Waals surface area contributed by atoms with Gasteiger partial charge < -0.3 is 14.2 Å². The molecule has 0 spiro atoms. The van der Waals surface area contributed by atoms with E-state index in [0.29, 0.717) is 12.5 Å². The SMILES string of the molecule is COCCc1cnc2n1CCN(C(=O)[C@@H]1CCCS1)[C@H]2C. The highest BCUT2D eigenvalue weighted by Gasteiger charge is 2.35. The maximum Gasteiger partial charge on any atom is 0.236 e. The second kappa shape index (κ2) is 6.40. The Morgan fingerprint density at radius 1 is 1.52 bits per heavy atom. The van der Waals surface area contributed by atoms with Crippen molar-refractivity contribution in [1.29, 1.82) is 0 Å². The summed E-state index contributed by atoms with van der Waals surface area (Å²) in [5.41, 5.74) is 1.21. The molecule has 2 atom stereocenters. The average molecular weight is 309 g/mol. The lowest BCUT2D eigenvalue weighted by molar-refractivity contribution is -0.134. The highest BCUT2D eigenvalue weighted by molar-refractivity contribution is 8.00. The van der Waals surface area contributed by atoms with Gasteiger partial charge in [0.05, 0.1) is 17.9 Å². The van der Waals surface area contributed by atoms with E-state index in [2.05, 4.69) is 16.5 Å². The van der Waals surface area contributed by atoms with Crippen LogP contribution in [0.15, 0.2) is 6.20 Å². The van der Waals surface area contributed by atoms with Gasteiger partial charge in [0.15, 0.2) is 0 Å². The number of aromatic nitrogens is 2. The van der Waals surface area contributed by atoms with Gasteiger partial charge in [0, 0.05) is 38.5 Å². The third-order valence-corrected chi connectivity index (χ3v) is 5.79. The van der Waals surface area contributed by atoms with Crippen LogP contribution in [0.25, 0.3) is 0 Å². The van der Waals surface area contributed by atoms with E-state index in [1.54, 1.807) is 7.11 Å². The van der Waals surface area contributed by atoms with Crippen molar-refractivity contribution in [3.05, 3.63) is 17.7 Å². The Kier molecular flexibility index (Phi) is 4.54. The highest BCUT2D eigenvalue weighted by Crippen LogP contribution is 2.32. The number of hydrogen-bond acceptors (Lipinski definition) is 4. The maximum atomic E-state index is 12.6. The molecule has 1 amide bonds. The fraction of sp³-hybridized carbons (Fsp3) is 0.733. The molecule has 21 heavy (non-hydrogen) atoms. The smallest absolute Gasteiger partial charge is 0.236 e. The van der Waals surface area contributed by atoms with E-state index < -0.39 is 0 Å². The minimum absolute atomic E-state index is 0.0729. The Balaban J connectivity index is 1.74. The molecular weight excluding hydrogens is 286 g/mol. The predicted molar refractivity (Wildman–Crippen MR) is 83.4 cm³/mol. The number of carbonyl (C=O) groups excluding carboxylic acids is 1. The second-order valence-electron chi connectivity index (χ2n) is 5.71. The zero-order valence-electron chi connectivity index (χ0n) is 12.7. The van der Waals surface area contributed by atoms with E-state index in [0.717, 1.165) is 37.5 Å². The van der Waals surface area contributed by atoms with E-state index in [1.807, 2.05) is 22.9 Å². The summed E-state index contributed by atoms with van der Waals surface area (Å²) in [6, 6.07) is 0.0729. The van der Waals surface area contributed by atoms with Gasteiger partial charge in [-0.15, -0.1) is 11.8 Å². The molecule has 1 aromatic rings. The van der Waals surface area contributed by atoms with Gasteiger partial charge in [0.2, 0.25) is 5.91 Å². The first-order valence-electron chi connectivity index (χ1n) is 7.67. The predicted octanol–water partition coefficient (Wildman–Crippen LogP) is 1.87. The Morgan fingerprint density at radius 3 is 3.10 bits per heavy atom. The average Bonchev–Trinajstić information content (AvgIpc) is 3.15. The van der Waals surface area contributed by atoms with E-state index >= 15 is 0 Å². The van der Waals surface area contributed by atoms with Crippen molar-refractivity contribution in [2.75, 3.05) is 26.0 Å². The molecule has 1 aromatic heterocycles. The molecule has 3 heterocycles. The monoisotopic (exact) mass is 309 g/mol. The van der Waals surface area contributed by atoms with E-state index in [1.165, 1.54) is 12.1 Å². The van der Waals surface area contributed by atoms with Crippen LogP contribution >= 0.6 is 11.8 Å². The molecule has 116 valence electrons. The minimum atomic E-state index is 0.0729. The molecule has 3 rings (SSSR count). The van der Waals surface area contributed by atoms with Crippen LogP contribution in [0, 0.1) is 0 Å². The Bertz CT molecular complexity index is 511. The molecule has 0 aliphatic carbocycles. The maximum absolute atomic E-state index is 12.6. The number of amides is 1. The first kappa shape index (κ1) is 14.9. The summed E-state index contributed by atoms with van der Waals surface area (Å²) < 4.78 is 7.41. The summed E-state index contributed by atoms with van der Waals surface area (Å²) in [6.07, 6.45) is 5.01. The van der Waals surface area contributed by atoms with Gasteiger partial charge in [-0.1, -0.05) is 0 Å². The van der Waals surface area contributed by atoms with Gasteiger partial charge in [0.1, 0.15) is 5.82 Å². The Labute approximate surface area is 130 Å². The summed E-state index contributed by atoms with van der Waals surface area (Å²) in [5.74, 6) is 2.44. The van der Waals surface area contributed by atoms with Crippen molar-refractivity contribution in [1.82, 2.24) is 14.5 Å². The number of fused-ring (bicyclic) bond motifs is 1. The largest absolute Gasteiger partial charge is 0.384 e.